The maximum absolute atomic E-state index is 12.2. The van der Waals surface area contributed by atoms with Crippen LogP contribution in [0.5, 0.6) is 0 Å². The number of rotatable bonds is 2. The lowest BCUT2D eigenvalue weighted by Gasteiger charge is -2.11. The minimum absolute atomic E-state index is 0.0322. The maximum Gasteiger partial charge on any atom is 0.183 e. The summed E-state index contributed by atoms with van der Waals surface area (Å²) >= 11 is 0. The fourth-order valence-electron chi connectivity index (χ4n) is 2.33. The fourth-order valence-corrected chi connectivity index (χ4v) is 4.25. The van der Waals surface area contributed by atoms with Crippen LogP contribution in [0, 0.1) is 0 Å². The van der Waals surface area contributed by atoms with Gasteiger partial charge in [0.25, 0.3) is 0 Å². The van der Waals surface area contributed by atoms with E-state index in [1.165, 1.54) is 0 Å². The van der Waals surface area contributed by atoms with E-state index in [2.05, 4.69) is 0 Å². The van der Waals surface area contributed by atoms with Crippen molar-refractivity contribution >= 4 is 9.84 Å². The molecule has 0 amide bonds. The number of epoxide rings is 1. The number of fused-ring (bicyclic) bond motifs is 1. The van der Waals surface area contributed by atoms with Crippen LogP contribution < -0.4 is 0 Å². The summed E-state index contributed by atoms with van der Waals surface area (Å²) in [6, 6.07) is 8.65. The summed E-state index contributed by atoms with van der Waals surface area (Å²) in [6.45, 7) is 0. The lowest BCUT2D eigenvalue weighted by molar-refractivity contribution is 0.322. The Morgan fingerprint density at radius 3 is 2.40 bits per heavy atom. The van der Waals surface area contributed by atoms with E-state index >= 15 is 0 Å². The quantitative estimate of drug-likeness (QED) is 0.713. The Labute approximate surface area is 89.0 Å². The molecule has 1 saturated carbocycles. The molecule has 1 aliphatic heterocycles. The molecular weight excluding hydrogens is 212 g/mol. The van der Waals surface area contributed by atoms with Crippen molar-refractivity contribution in [3.05, 3.63) is 30.3 Å². The molecule has 1 aliphatic carbocycles. The van der Waals surface area contributed by atoms with E-state index in [9.17, 15) is 8.42 Å². The zero-order valence-electron chi connectivity index (χ0n) is 8.17. The van der Waals surface area contributed by atoms with Gasteiger partial charge >= 0.3 is 0 Å². The van der Waals surface area contributed by atoms with Crippen LogP contribution in [0.25, 0.3) is 0 Å². The first-order chi connectivity index (χ1) is 7.19. The van der Waals surface area contributed by atoms with Crippen molar-refractivity contribution in [2.24, 2.45) is 0 Å². The van der Waals surface area contributed by atoms with Gasteiger partial charge in [-0.1, -0.05) is 18.2 Å². The molecular formula is C11H12O3S. The molecule has 1 aromatic carbocycles. The Morgan fingerprint density at radius 1 is 1.13 bits per heavy atom. The predicted octanol–water partition coefficient (Wildman–Crippen LogP) is 1.39. The summed E-state index contributed by atoms with van der Waals surface area (Å²) in [7, 11) is -3.17. The average molecular weight is 224 g/mol. The molecule has 0 radical (unpaired) electrons. The minimum atomic E-state index is -3.17. The van der Waals surface area contributed by atoms with Crippen molar-refractivity contribution in [1.29, 1.82) is 0 Å². The number of sulfone groups is 1. The van der Waals surface area contributed by atoms with Crippen molar-refractivity contribution in [2.75, 3.05) is 0 Å². The molecule has 0 bridgehead atoms. The van der Waals surface area contributed by atoms with E-state index in [1.807, 2.05) is 6.07 Å². The molecule has 0 N–H and O–H groups in total. The molecule has 3 atom stereocenters. The van der Waals surface area contributed by atoms with E-state index < -0.39 is 9.84 Å². The van der Waals surface area contributed by atoms with Crippen molar-refractivity contribution < 1.29 is 13.2 Å². The third-order valence-electron chi connectivity index (χ3n) is 3.19. The van der Waals surface area contributed by atoms with E-state index in [0.29, 0.717) is 4.90 Å². The second-order valence-electron chi connectivity index (χ2n) is 4.11. The highest BCUT2D eigenvalue weighted by atomic mass is 32.2. The lowest BCUT2D eigenvalue weighted by atomic mass is 10.3. The van der Waals surface area contributed by atoms with Crippen LogP contribution in [-0.2, 0) is 14.6 Å². The molecule has 0 spiro atoms. The Morgan fingerprint density at radius 2 is 1.87 bits per heavy atom. The molecule has 1 aromatic rings. The van der Waals surface area contributed by atoms with Gasteiger partial charge in [-0.2, -0.15) is 0 Å². The molecule has 3 unspecified atom stereocenters. The molecule has 2 fully saturated rings. The zero-order valence-corrected chi connectivity index (χ0v) is 8.98. The van der Waals surface area contributed by atoms with Gasteiger partial charge in [-0.25, -0.2) is 8.42 Å². The van der Waals surface area contributed by atoms with E-state index in [0.717, 1.165) is 12.8 Å². The van der Waals surface area contributed by atoms with Gasteiger partial charge in [0.1, 0.15) is 6.10 Å². The van der Waals surface area contributed by atoms with E-state index in [1.54, 1.807) is 24.3 Å². The molecule has 15 heavy (non-hydrogen) atoms. The normalized spacial score (nSPS) is 33.7. The Hall–Kier alpha value is -0.870. The first kappa shape index (κ1) is 9.36. The molecule has 0 aromatic heterocycles. The highest BCUT2D eigenvalue weighted by Gasteiger charge is 2.55. The van der Waals surface area contributed by atoms with Crippen LogP contribution in [0.4, 0.5) is 0 Å². The van der Waals surface area contributed by atoms with Crippen LogP contribution >= 0.6 is 0 Å². The summed E-state index contributed by atoms with van der Waals surface area (Å²) in [6.07, 6.45) is 1.82. The number of benzene rings is 1. The van der Waals surface area contributed by atoms with Gasteiger partial charge in [0.15, 0.2) is 9.84 Å². The largest absolute Gasteiger partial charge is 0.368 e. The summed E-state index contributed by atoms with van der Waals surface area (Å²) in [5.41, 5.74) is 0. The van der Waals surface area contributed by atoms with Crippen molar-refractivity contribution in [2.45, 2.75) is 35.2 Å². The lowest BCUT2D eigenvalue weighted by Crippen LogP contribution is -2.24. The van der Waals surface area contributed by atoms with Crippen LogP contribution in [0.2, 0.25) is 0 Å². The maximum atomic E-state index is 12.2. The van der Waals surface area contributed by atoms with E-state index in [-0.39, 0.29) is 17.5 Å². The Balaban J connectivity index is 1.97. The Kier molecular flexibility index (Phi) is 1.91. The van der Waals surface area contributed by atoms with Gasteiger partial charge in [-0.05, 0) is 25.0 Å². The third-order valence-corrected chi connectivity index (χ3v) is 5.42. The highest BCUT2D eigenvalue weighted by molar-refractivity contribution is 7.92. The number of hydrogen-bond acceptors (Lipinski definition) is 3. The van der Waals surface area contributed by atoms with Gasteiger partial charge in [-0.3, -0.25) is 0 Å². The first-order valence-electron chi connectivity index (χ1n) is 5.14. The SMILES string of the molecule is O=S(=O)(c1ccccc1)C1CCC2OC21. The van der Waals surface area contributed by atoms with Crippen molar-refractivity contribution in [3.63, 3.8) is 0 Å². The van der Waals surface area contributed by atoms with Gasteiger partial charge in [-0.15, -0.1) is 0 Å². The molecule has 3 nitrogen and oxygen atoms in total. The number of hydrogen-bond donors (Lipinski definition) is 0. The summed E-state index contributed by atoms with van der Waals surface area (Å²) in [5, 5.41) is -0.315. The number of ether oxygens (including phenoxy) is 1. The third kappa shape index (κ3) is 1.40. The van der Waals surface area contributed by atoms with E-state index in [4.69, 9.17) is 4.74 Å². The van der Waals surface area contributed by atoms with Gasteiger partial charge in [0.2, 0.25) is 0 Å². The van der Waals surface area contributed by atoms with Crippen LogP contribution in [0.1, 0.15) is 12.8 Å². The van der Waals surface area contributed by atoms with Gasteiger partial charge in [0.05, 0.1) is 16.2 Å². The second kappa shape index (κ2) is 3.06. The molecule has 1 saturated heterocycles. The minimum Gasteiger partial charge on any atom is -0.368 e. The molecule has 4 heteroatoms. The summed E-state index contributed by atoms with van der Waals surface area (Å²) in [5.74, 6) is 0. The standard InChI is InChI=1S/C11H12O3S/c12-15(13,8-4-2-1-3-5-8)10-7-6-9-11(10)14-9/h1-5,9-11H,6-7H2. The Bertz CT molecular complexity index is 466. The second-order valence-corrected chi connectivity index (χ2v) is 6.28. The first-order valence-corrected chi connectivity index (χ1v) is 6.68. The zero-order chi connectivity index (χ0) is 10.5. The highest BCUT2D eigenvalue weighted by Crippen LogP contribution is 2.43. The summed E-state index contributed by atoms with van der Waals surface area (Å²) < 4.78 is 29.7. The smallest absolute Gasteiger partial charge is 0.183 e. The molecule has 1 heterocycles. The fraction of sp³-hybridized carbons (Fsp3) is 0.455. The van der Waals surface area contributed by atoms with Gasteiger partial charge in [0, 0.05) is 0 Å². The molecule has 2 aliphatic rings. The van der Waals surface area contributed by atoms with Crippen molar-refractivity contribution in [1.82, 2.24) is 0 Å². The van der Waals surface area contributed by atoms with Crippen LogP contribution in [-0.4, -0.2) is 25.9 Å². The van der Waals surface area contributed by atoms with Crippen LogP contribution in [0.3, 0.4) is 0 Å². The molecule has 80 valence electrons. The topological polar surface area (TPSA) is 46.7 Å². The average Bonchev–Trinajstić information content (AvgIpc) is 2.90. The monoisotopic (exact) mass is 224 g/mol. The van der Waals surface area contributed by atoms with Crippen LogP contribution in [0.15, 0.2) is 35.2 Å². The summed E-state index contributed by atoms with van der Waals surface area (Å²) in [4.78, 5) is 0.422. The molecule has 3 rings (SSSR count). The van der Waals surface area contributed by atoms with Gasteiger partial charge < -0.3 is 4.74 Å². The van der Waals surface area contributed by atoms with Crippen molar-refractivity contribution in [3.8, 4) is 0 Å². The predicted molar refractivity (Wildman–Crippen MR) is 55.3 cm³/mol.